The smallest absolute Gasteiger partial charge is 0.246 e. The molecule has 0 fully saturated rings. The average molecular weight is 198 g/mol. The van der Waals surface area contributed by atoms with Crippen molar-refractivity contribution >= 4 is 11.0 Å². The van der Waals surface area contributed by atoms with Gasteiger partial charge >= 0.3 is 0 Å². The summed E-state index contributed by atoms with van der Waals surface area (Å²) in [4.78, 5) is 10.7. The minimum Gasteiger partial charge on any atom is -0.331 e. The van der Waals surface area contributed by atoms with Crippen LogP contribution in [0.1, 0.15) is 0 Å². The monoisotopic (exact) mass is 198 g/mol. The molecular weight excluding hydrogens is 190 g/mol. The van der Waals surface area contributed by atoms with Crippen LogP contribution in [0, 0.1) is 0 Å². The van der Waals surface area contributed by atoms with Crippen molar-refractivity contribution in [1.29, 1.82) is 0 Å². The molecule has 0 bridgehead atoms. The van der Waals surface area contributed by atoms with Gasteiger partial charge < -0.3 is 4.98 Å². The molecule has 0 radical (unpaired) electrons. The Kier molecular flexibility index (Phi) is 1.68. The number of H-pyrrole nitrogens is 2. The SMILES string of the molecule is c1ccc(-c2nc3cnncc3[nH]2)[nH+]c1. The maximum Gasteiger partial charge on any atom is 0.246 e. The molecule has 0 aromatic carbocycles. The van der Waals surface area contributed by atoms with Gasteiger partial charge in [0.25, 0.3) is 0 Å². The molecule has 5 heteroatoms. The van der Waals surface area contributed by atoms with Crippen molar-refractivity contribution in [2.75, 3.05) is 0 Å². The summed E-state index contributed by atoms with van der Waals surface area (Å²) < 4.78 is 0. The summed E-state index contributed by atoms with van der Waals surface area (Å²) in [6.07, 6.45) is 5.16. The van der Waals surface area contributed by atoms with E-state index in [1.165, 1.54) is 0 Å². The largest absolute Gasteiger partial charge is 0.331 e. The third-order valence-electron chi connectivity index (χ3n) is 2.16. The maximum absolute atomic E-state index is 4.39. The van der Waals surface area contributed by atoms with Crippen LogP contribution in [0.2, 0.25) is 0 Å². The summed E-state index contributed by atoms with van der Waals surface area (Å²) in [6, 6.07) is 5.84. The molecule has 0 aliphatic heterocycles. The van der Waals surface area contributed by atoms with Gasteiger partial charge in [0.05, 0.1) is 17.9 Å². The summed E-state index contributed by atoms with van der Waals surface area (Å²) in [5.41, 5.74) is 2.64. The molecular formula is C10H8N5+. The predicted molar refractivity (Wildman–Crippen MR) is 53.7 cm³/mol. The van der Waals surface area contributed by atoms with E-state index in [2.05, 4.69) is 25.1 Å². The summed E-state index contributed by atoms with van der Waals surface area (Å²) in [7, 11) is 0. The molecule has 72 valence electrons. The first kappa shape index (κ1) is 8.05. The molecule has 0 spiro atoms. The highest BCUT2D eigenvalue weighted by Crippen LogP contribution is 2.14. The van der Waals surface area contributed by atoms with Gasteiger partial charge in [0.2, 0.25) is 11.5 Å². The quantitative estimate of drug-likeness (QED) is 0.629. The standard InChI is InChI=1S/C10H7N5/c1-2-4-11-7(3-1)10-14-8-5-12-13-6-9(8)15-10/h1-6H,(H,14,15)/p+1. The Bertz CT molecular complexity index is 554. The van der Waals surface area contributed by atoms with Gasteiger partial charge in [0, 0.05) is 12.1 Å². The molecule has 0 amide bonds. The Balaban J connectivity index is 2.21. The van der Waals surface area contributed by atoms with Crippen molar-refractivity contribution in [3.05, 3.63) is 36.8 Å². The van der Waals surface area contributed by atoms with Gasteiger partial charge in [-0.3, -0.25) is 0 Å². The van der Waals surface area contributed by atoms with Gasteiger partial charge in [-0.15, -0.1) is 0 Å². The fourth-order valence-electron chi connectivity index (χ4n) is 1.44. The van der Waals surface area contributed by atoms with Crippen molar-refractivity contribution in [2.24, 2.45) is 0 Å². The molecule has 3 rings (SSSR count). The van der Waals surface area contributed by atoms with E-state index >= 15 is 0 Å². The van der Waals surface area contributed by atoms with E-state index in [1.54, 1.807) is 12.4 Å². The molecule has 3 heterocycles. The van der Waals surface area contributed by atoms with Crippen LogP contribution in [-0.4, -0.2) is 20.2 Å². The Morgan fingerprint density at radius 2 is 2.07 bits per heavy atom. The lowest BCUT2D eigenvalue weighted by atomic mass is 10.3. The van der Waals surface area contributed by atoms with Gasteiger partial charge in [0.1, 0.15) is 5.52 Å². The Hall–Kier alpha value is -2.30. The van der Waals surface area contributed by atoms with Crippen LogP contribution in [0.4, 0.5) is 0 Å². The Morgan fingerprint density at radius 3 is 2.87 bits per heavy atom. The summed E-state index contributed by atoms with van der Waals surface area (Å²) >= 11 is 0. The predicted octanol–water partition coefficient (Wildman–Crippen LogP) is 0.834. The van der Waals surface area contributed by atoms with E-state index in [4.69, 9.17) is 0 Å². The topological polar surface area (TPSA) is 68.6 Å². The highest BCUT2D eigenvalue weighted by atomic mass is 15.1. The number of aromatic amines is 2. The molecule has 0 aliphatic rings. The molecule has 0 saturated heterocycles. The lowest BCUT2D eigenvalue weighted by Gasteiger charge is -1.85. The number of rotatable bonds is 1. The van der Waals surface area contributed by atoms with Crippen LogP contribution in [0.3, 0.4) is 0 Å². The molecule has 15 heavy (non-hydrogen) atoms. The van der Waals surface area contributed by atoms with Crippen LogP contribution in [0.5, 0.6) is 0 Å². The molecule has 3 aromatic heterocycles. The molecule has 0 aliphatic carbocycles. The Labute approximate surface area is 85.2 Å². The summed E-state index contributed by atoms with van der Waals surface area (Å²) in [5, 5.41) is 7.57. The first-order valence-corrected chi connectivity index (χ1v) is 4.57. The number of aromatic nitrogens is 5. The van der Waals surface area contributed by atoms with E-state index in [0.29, 0.717) is 0 Å². The molecule has 2 N–H and O–H groups in total. The number of hydrogen-bond donors (Lipinski definition) is 1. The highest BCUT2D eigenvalue weighted by Gasteiger charge is 2.09. The highest BCUT2D eigenvalue weighted by molar-refractivity contribution is 5.76. The van der Waals surface area contributed by atoms with Crippen molar-refractivity contribution in [3.8, 4) is 11.5 Å². The minimum atomic E-state index is 0.792. The van der Waals surface area contributed by atoms with Crippen molar-refractivity contribution in [3.63, 3.8) is 0 Å². The van der Waals surface area contributed by atoms with Crippen molar-refractivity contribution in [2.45, 2.75) is 0 Å². The van der Waals surface area contributed by atoms with Gasteiger partial charge in [-0.05, 0) is 6.07 Å². The molecule has 0 saturated carbocycles. The van der Waals surface area contributed by atoms with E-state index in [9.17, 15) is 0 Å². The zero-order valence-electron chi connectivity index (χ0n) is 7.81. The molecule has 0 atom stereocenters. The lowest BCUT2D eigenvalue weighted by Crippen LogP contribution is -2.05. The number of pyridine rings is 1. The maximum atomic E-state index is 4.39. The second-order valence-electron chi connectivity index (χ2n) is 3.15. The van der Waals surface area contributed by atoms with Gasteiger partial charge in [-0.25, -0.2) is 9.97 Å². The van der Waals surface area contributed by atoms with Crippen LogP contribution < -0.4 is 4.98 Å². The van der Waals surface area contributed by atoms with Crippen LogP contribution in [0.15, 0.2) is 36.8 Å². The van der Waals surface area contributed by atoms with E-state index in [-0.39, 0.29) is 0 Å². The number of fused-ring (bicyclic) bond motifs is 1. The van der Waals surface area contributed by atoms with Gasteiger partial charge in [0.15, 0.2) is 6.20 Å². The fourth-order valence-corrected chi connectivity index (χ4v) is 1.44. The molecule has 5 nitrogen and oxygen atoms in total. The molecule has 0 unspecified atom stereocenters. The summed E-state index contributed by atoms with van der Waals surface area (Å²) in [6.45, 7) is 0. The fraction of sp³-hybridized carbons (Fsp3) is 0. The normalized spacial score (nSPS) is 10.7. The Morgan fingerprint density at radius 1 is 1.13 bits per heavy atom. The van der Waals surface area contributed by atoms with E-state index in [0.717, 1.165) is 22.6 Å². The van der Waals surface area contributed by atoms with E-state index < -0.39 is 0 Å². The van der Waals surface area contributed by atoms with Gasteiger partial charge in [-0.2, -0.15) is 10.2 Å². The molecule has 3 aromatic rings. The zero-order valence-corrected chi connectivity index (χ0v) is 7.81. The summed E-state index contributed by atoms with van der Waals surface area (Å²) in [5.74, 6) is 0.792. The van der Waals surface area contributed by atoms with Crippen molar-refractivity contribution in [1.82, 2.24) is 20.2 Å². The third kappa shape index (κ3) is 1.34. The number of nitrogens with one attached hydrogen (secondary N) is 2. The first-order chi connectivity index (χ1) is 7.43. The third-order valence-corrected chi connectivity index (χ3v) is 2.16. The second kappa shape index (κ2) is 3.13. The zero-order chi connectivity index (χ0) is 10.1. The van der Waals surface area contributed by atoms with Crippen LogP contribution in [-0.2, 0) is 0 Å². The average Bonchev–Trinajstić information content (AvgIpc) is 2.74. The van der Waals surface area contributed by atoms with E-state index in [1.807, 2.05) is 24.4 Å². The number of hydrogen-bond acceptors (Lipinski definition) is 3. The number of imidazole rings is 1. The second-order valence-corrected chi connectivity index (χ2v) is 3.15. The van der Waals surface area contributed by atoms with Crippen LogP contribution >= 0.6 is 0 Å². The first-order valence-electron chi connectivity index (χ1n) is 4.57. The number of nitrogens with zero attached hydrogens (tertiary/aromatic N) is 3. The van der Waals surface area contributed by atoms with Gasteiger partial charge in [-0.1, -0.05) is 0 Å². The lowest BCUT2D eigenvalue weighted by molar-refractivity contribution is -0.365. The minimum absolute atomic E-state index is 0.792. The van der Waals surface area contributed by atoms with Crippen molar-refractivity contribution < 1.29 is 4.98 Å². The van der Waals surface area contributed by atoms with Crippen LogP contribution in [0.25, 0.3) is 22.6 Å².